The summed E-state index contributed by atoms with van der Waals surface area (Å²) in [5.74, 6) is 1.40. The number of ether oxygens (including phenoxy) is 1. The number of rotatable bonds is 7. The fraction of sp³-hybridized carbons (Fsp3) is 0.636. The summed E-state index contributed by atoms with van der Waals surface area (Å²) in [5.41, 5.74) is 5.46. The molecule has 5 heteroatoms. The van der Waals surface area contributed by atoms with Crippen LogP contribution in [0.3, 0.4) is 0 Å². The molecule has 16 heavy (non-hydrogen) atoms. The fourth-order valence-corrected chi connectivity index (χ4v) is 1.24. The molecule has 0 unspecified atom stereocenters. The Morgan fingerprint density at radius 1 is 1.44 bits per heavy atom. The average Bonchev–Trinajstić information content (AvgIpc) is 2.33. The lowest BCUT2D eigenvalue weighted by atomic mass is 10.4. The van der Waals surface area contributed by atoms with E-state index in [-0.39, 0.29) is 0 Å². The Labute approximate surface area is 96.6 Å². The molecule has 1 aromatic rings. The zero-order chi connectivity index (χ0) is 11.8. The minimum Gasteiger partial charge on any atom is -0.477 e. The van der Waals surface area contributed by atoms with Crippen LogP contribution in [-0.4, -0.2) is 36.7 Å². The predicted molar refractivity (Wildman–Crippen MR) is 64.8 cm³/mol. The monoisotopic (exact) mass is 224 g/mol. The highest BCUT2D eigenvalue weighted by atomic mass is 16.5. The van der Waals surface area contributed by atoms with Crippen LogP contribution in [0.15, 0.2) is 12.4 Å². The Kier molecular flexibility index (Phi) is 5.56. The maximum absolute atomic E-state index is 5.46. The first kappa shape index (κ1) is 12.7. The van der Waals surface area contributed by atoms with Crippen molar-refractivity contribution in [3.8, 4) is 5.88 Å². The highest BCUT2D eigenvalue weighted by molar-refractivity contribution is 5.36. The molecule has 1 heterocycles. The van der Waals surface area contributed by atoms with E-state index in [0.717, 1.165) is 25.2 Å². The molecular weight excluding hydrogens is 204 g/mol. The van der Waals surface area contributed by atoms with Gasteiger partial charge >= 0.3 is 0 Å². The standard InChI is InChI=1S/C11H20N4O/c1-3-7-16-11-9-13-8-10(14-11)15(2)6-4-5-12/h8-9H,3-7,12H2,1-2H3. The predicted octanol–water partition coefficient (Wildman–Crippen LogP) is 1.05. The van der Waals surface area contributed by atoms with Gasteiger partial charge in [-0.05, 0) is 19.4 Å². The van der Waals surface area contributed by atoms with Gasteiger partial charge in [0.2, 0.25) is 5.88 Å². The molecule has 0 aromatic carbocycles. The quantitative estimate of drug-likeness (QED) is 0.750. The first-order chi connectivity index (χ1) is 7.77. The van der Waals surface area contributed by atoms with Crippen LogP contribution in [0.1, 0.15) is 19.8 Å². The summed E-state index contributed by atoms with van der Waals surface area (Å²) in [7, 11) is 1.98. The molecule has 0 aliphatic rings. The lowest BCUT2D eigenvalue weighted by Gasteiger charge is -2.17. The Hall–Kier alpha value is -1.36. The molecular formula is C11H20N4O. The first-order valence-corrected chi connectivity index (χ1v) is 5.64. The molecule has 90 valence electrons. The van der Waals surface area contributed by atoms with E-state index in [0.29, 0.717) is 19.0 Å². The molecule has 0 fully saturated rings. The third-order valence-electron chi connectivity index (χ3n) is 2.14. The van der Waals surface area contributed by atoms with E-state index in [1.165, 1.54) is 0 Å². The number of hydrogen-bond donors (Lipinski definition) is 1. The fourth-order valence-electron chi connectivity index (χ4n) is 1.24. The van der Waals surface area contributed by atoms with Crippen LogP contribution < -0.4 is 15.4 Å². The minimum atomic E-state index is 0.582. The number of nitrogens with two attached hydrogens (primary N) is 1. The number of nitrogens with zero attached hydrogens (tertiary/aromatic N) is 3. The van der Waals surface area contributed by atoms with Crippen molar-refractivity contribution in [3.63, 3.8) is 0 Å². The molecule has 0 saturated heterocycles. The summed E-state index contributed by atoms with van der Waals surface area (Å²) in [4.78, 5) is 10.5. The van der Waals surface area contributed by atoms with Crippen molar-refractivity contribution in [2.45, 2.75) is 19.8 Å². The molecule has 0 aliphatic heterocycles. The molecule has 0 aliphatic carbocycles. The third kappa shape index (κ3) is 4.02. The van der Waals surface area contributed by atoms with E-state index >= 15 is 0 Å². The van der Waals surface area contributed by atoms with Crippen LogP contribution in [0, 0.1) is 0 Å². The molecule has 0 bridgehead atoms. The number of hydrogen-bond acceptors (Lipinski definition) is 5. The summed E-state index contributed by atoms with van der Waals surface area (Å²) in [6.45, 7) is 4.29. The molecule has 1 rings (SSSR count). The molecule has 0 saturated carbocycles. The van der Waals surface area contributed by atoms with Gasteiger partial charge in [-0.15, -0.1) is 0 Å². The van der Waals surface area contributed by atoms with Crippen molar-refractivity contribution in [2.75, 3.05) is 31.6 Å². The van der Waals surface area contributed by atoms with E-state index in [9.17, 15) is 0 Å². The Morgan fingerprint density at radius 3 is 2.94 bits per heavy atom. The second-order valence-electron chi connectivity index (χ2n) is 3.63. The number of anilines is 1. The van der Waals surface area contributed by atoms with Gasteiger partial charge in [-0.1, -0.05) is 6.92 Å². The van der Waals surface area contributed by atoms with Crippen molar-refractivity contribution in [3.05, 3.63) is 12.4 Å². The highest BCUT2D eigenvalue weighted by Crippen LogP contribution is 2.12. The molecule has 1 aromatic heterocycles. The number of aromatic nitrogens is 2. The van der Waals surface area contributed by atoms with Gasteiger partial charge in [-0.25, -0.2) is 0 Å². The maximum atomic E-state index is 5.46. The van der Waals surface area contributed by atoms with E-state index in [2.05, 4.69) is 16.9 Å². The van der Waals surface area contributed by atoms with Crippen molar-refractivity contribution in [2.24, 2.45) is 5.73 Å². The smallest absolute Gasteiger partial charge is 0.234 e. The zero-order valence-corrected chi connectivity index (χ0v) is 10.0. The second kappa shape index (κ2) is 7.00. The minimum absolute atomic E-state index is 0.582. The molecule has 2 N–H and O–H groups in total. The third-order valence-corrected chi connectivity index (χ3v) is 2.14. The summed E-state index contributed by atoms with van der Waals surface area (Å²) in [6.07, 6.45) is 5.28. The zero-order valence-electron chi connectivity index (χ0n) is 10.0. The maximum Gasteiger partial charge on any atom is 0.234 e. The van der Waals surface area contributed by atoms with Gasteiger partial charge in [0.25, 0.3) is 0 Å². The molecule has 0 radical (unpaired) electrons. The largest absolute Gasteiger partial charge is 0.477 e. The van der Waals surface area contributed by atoms with E-state index in [1.807, 2.05) is 11.9 Å². The lowest BCUT2D eigenvalue weighted by Crippen LogP contribution is -2.22. The van der Waals surface area contributed by atoms with Crippen molar-refractivity contribution >= 4 is 5.82 Å². The van der Waals surface area contributed by atoms with Crippen LogP contribution in [0.4, 0.5) is 5.82 Å². The van der Waals surface area contributed by atoms with Crippen LogP contribution in [0.2, 0.25) is 0 Å². The van der Waals surface area contributed by atoms with Crippen LogP contribution in [0.25, 0.3) is 0 Å². The Bertz CT molecular complexity index is 306. The SMILES string of the molecule is CCCOc1cncc(N(C)CCCN)n1. The van der Waals surface area contributed by atoms with E-state index < -0.39 is 0 Å². The summed E-state index contributed by atoms with van der Waals surface area (Å²) in [6, 6.07) is 0. The van der Waals surface area contributed by atoms with Crippen molar-refractivity contribution in [1.29, 1.82) is 0 Å². The second-order valence-corrected chi connectivity index (χ2v) is 3.63. The Balaban J connectivity index is 2.58. The van der Waals surface area contributed by atoms with Gasteiger partial charge in [-0.3, -0.25) is 4.98 Å². The Morgan fingerprint density at radius 2 is 2.25 bits per heavy atom. The summed E-state index contributed by atoms with van der Waals surface area (Å²) < 4.78 is 5.43. The van der Waals surface area contributed by atoms with Gasteiger partial charge < -0.3 is 15.4 Å². The first-order valence-electron chi connectivity index (χ1n) is 5.64. The van der Waals surface area contributed by atoms with Crippen molar-refractivity contribution in [1.82, 2.24) is 9.97 Å². The van der Waals surface area contributed by atoms with Gasteiger partial charge in [0.05, 0.1) is 19.0 Å². The van der Waals surface area contributed by atoms with Gasteiger partial charge in [0.15, 0.2) is 5.82 Å². The van der Waals surface area contributed by atoms with Gasteiger partial charge in [0.1, 0.15) is 0 Å². The highest BCUT2D eigenvalue weighted by Gasteiger charge is 2.04. The van der Waals surface area contributed by atoms with Gasteiger partial charge in [0, 0.05) is 13.6 Å². The average molecular weight is 224 g/mol. The van der Waals surface area contributed by atoms with Crippen molar-refractivity contribution < 1.29 is 4.74 Å². The molecule has 5 nitrogen and oxygen atoms in total. The molecule has 0 amide bonds. The topological polar surface area (TPSA) is 64.3 Å². The normalized spacial score (nSPS) is 10.2. The molecule has 0 atom stereocenters. The van der Waals surface area contributed by atoms with E-state index in [1.54, 1.807) is 12.4 Å². The van der Waals surface area contributed by atoms with Crippen LogP contribution >= 0.6 is 0 Å². The molecule has 0 spiro atoms. The summed E-state index contributed by atoms with van der Waals surface area (Å²) >= 11 is 0. The van der Waals surface area contributed by atoms with Crippen LogP contribution in [-0.2, 0) is 0 Å². The summed E-state index contributed by atoms with van der Waals surface area (Å²) in [5, 5.41) is 0. The van der Waals surface area contributed by atoms with E-state index in [4.69, 9.17) is 10.5 Å². The lowest BCUT2D eigenvalue weighted by molar-refractivity contribution is 0.304. The van der Waals surface area contributed by atoms with Gasteiger partial charge in [-0.2, -0.15) is 4.98 Å². The van der Waals surface area contributed by atoms with Crippen LogP contribution in [0.5, 0.6) is 5.88 Å².